The number of aliphatic carboxylic acids is 1. The van der Waals surface area contributed by atoms with E-state index in [1.54, 1.807) is 0 Å². The Hall–Kier alpha value is -0.570. The number of carbonyl (C=O) groups is 1. The fourth-order valence-electron chi connectivity index (χ4n) is 3.68. The minimum absolute atomic E-state index is 0.514. The summed E-state index contributed by atoms with van der Waals surface area (Å²) in [5, 5.41) is 9.37. The third-order valence-corrected chi connectivity index (χ3v) is 5.15. The SMILES string of the molecule is CCC1CCC(N2CCCC(C)(C(=O)O)C2)CC1. The first kappa shape index (κ1) is 13.9. The lowest BCUT2D eigenvalue weighted by Gasteiger charge is -2.44. The van der Waals surface area contributed by atoms with Gasteiger partial charge in [-0.2, -0.15) is 0 Å². The lowest BCUT2D eigenvalue weighted by atomic mass is 9.78. The van der Waals surface area contributed by atoms with Crippen LogP contribution in [0.25, 0.3) is 0 Å². The van der Waals surface area contributed by atoms with E-state index in [1.807, 2.05) is 6.92 Å². The van der Waals surface area contributed by atoms with Crippen LogP contribution in [0.15, 0.2) is 0 Å². The van der Waals surface area contributed by atoms with Crippen molar-refractivity contribution in [2.75, 3.05) is 13.1 Å². The van der Waals surface area contributed by atoms with Gasteiger partial charge in [0.05, 0.1) is 5.41 Å². The molecule has 0 aromatic carbocycles. The zero-order chi connectivity index (χ0) is 13.2. The van der Waals surface area contributed by atoms with Crippen LogP contribution in [0, 0.1) is 11.3 Å². The van der Waals surface area contributed by atoms with E-state index in [1.165, 1.54) is 32.1 Å². The Labute approximate surface area is 111 Å². The minimum atomic E-state index is -0.616. The molecule has 3 nitrogen and oxygen atoms in total. The van der Waals surface area contributed by atoms with Gasteiger partial charge in [0, 0.05) is 12.6 Å². The molecule has 1 heterocycles. The van der Waals surface area contributed by atoms with Gasteiger partial charge >= 0.3 is 5.97 Å². The average Bonchev–Trinajstić information content (AvgIpc) is 2.39. The molecule has 0 bridgehead atoms. The molecular formula is C15H27NO2. The molecule has 1 aliphatic carbocycles. The Morgan fingerprint density at radius 3 is 2.56 bits per heavy atom. The predicted molar refractivity (Wildman–Crippen MR) is 72.6 cm³/mol. The van der Waals surface area contributed by atoms with Crippen molar-refractivity contribution in [2.45, 2.75) is 64.8 Å². The molecule has 2 aliphatic rings. The minimum Gasteiger partial charge on any atom is -0.481 e. The summed E-state index contributed by atoms with van der Waals surface area (Å²) in [7, 11) is 0. The first-order valence-electron chi connectivity index (χ1n) is 7.52. The Kier molecular flexibility index (Phi) is 4.31. The molecule has 1 saturated heterocycles. The lowest BCUT2D eigenvalue weighted by molar-refractivity contribution is -0.152. The predicted octanol–water partition coefficient (Wildman–Crippen LogP) is 3.14. The number of carboxylic acid groups (broad SMARTS) is 1. The zero-order valence-corrected chi connectivity index (χ0v) is 11.8. The van der Waals surface area contributed by atoms with Crippen LogP contribution in [0.5, 0.6) is 0 Å². The fourth-order valence-corrected chi connectivity index (χ4v) is 3.68. The number of likely N-dealkylation sites (tertiary alicyclic amines) is 1. The number of carboxylic acids is 1. The summed E-state index contributed by atoms with van der Waals surface area (Å²) < 4.78 is 0. The molecule has 18 heavy (non-hydrogen) atoms. The number of nitrogens with zero attached hydrogens (tertiary/aromatic N) is 1. The molecule has 1 atom stereocenters. The highest BCUT2D eigenvalue weighted by Crippen LogP contribution is 2.35. The Balaban J connectivity index is 1.92. The molecule has 1 N–H and O–H groups in total. The van der Waals surface area contributed by atoms with Crippen LogP contribution in [0.1, 0.15) is 58.8 Å². The van der Waals surface area contributed by atoms with Crippen molar-refractivity contribution >= 4 is 5.97 Å². The van der Waals surface area contributed by atoms with Crippen LogP contribution in [0.2, 0.25) is 0 Å². The summed E-state index contributed by atoms with van der Waals surface area (Å²) in [6.45, 7) is 6.06. The average molecular weight is 253 g/mol. The second-order valence-electron chi connectivity index (χ2n) is 6.52. The molecule has 3 heteroatoms. The van der Waals surface area contributed by atoms with Gasteiger partial charge in [-0.15, -0.1) is 0 Å². The summed E-state index contributed by atoms with van der Waals surface area (Å²) >= 11 is 0. The maximum atomic E-state index is 11.4. The van der Waals surface area contributed by atoms with Crippen LogP contribution in [-0.2, 0) is 4.79 Å². The van der Waals surface area contributed by atoms with E-state index in [4.69, 9.17) is 0 Å². The second-order valence-corrected chi connectivity index (χ2v) is 6.52. The number of piperidine rings is 1. The lowest BCUT2D eigenvalue weighted by Crippen LogP contribution is -2.50. The van der Waals surface area contributed by atoms with E-state index in [0.29, 0.717) is 6.04 Å². The van der Waals surface area contributed by atoms with E-state index in [-0.39, 0.29) is 0 Å². The number of hydrogen-bond donors (Lipinski definition) is 1. The standard InChI is InChI=1S/C15H27NO2/c1-3-12-5-7-13(8-6-12)16-10-4-9-15(2,11-16)14(17)18/h12-13H,3-11H2,1-2H3,(H,17,18). The Morgan fingerprint density at radius 1 is 1.33 bits per heavy atom. The van der Waals surface area contributed by atoms with E-state index < -0.39 is 11.4 Å². The summed E-state index contributed by atoms with van der Waals surface area (Å²) in [5.74, 6) is 0.298. The third-order valence-electron chi connectivity index (χ3n) is 5.15. The molecule has 0 spiro atoms. The number of rotatable bonds is 3. The van der Waals surface area contributed by atoms with Crippen molar-refractivity contribution in [1.29, 1.82) is 0 Å². The summed E-state index contributed by atoms with van der Waals surface area (Å²) in [4.78, 5) is 13.8. The van der Waals surface area contributed by atoms with E-state index >= 15 is 0 Å². The smallest absolute Gasteiger partial charge is 0.310 e. The Bertz CT molecular complexity index is 297. The molecule has 0 aromatic heterocycles. The molecule has 1 saturated carbocycles. The molecule has 1 aliphatic heterocycles. The molecule has 2 fully saturated rings. The van der Waals surface area contributed by atoms with Gasteiger partial charge in [-0.05, 0) is 57.9 Å². The molecule has 2 rings (SSSR count). The van der Waals surface area contributed by atoms with Crippen molar-refractivity contribution in [3.05, 3.63) is 0 Å². The first-order chi connectivity index (χ1) is 8.55. The molecule has 0 amide bonds. The molecule has 104 valence electrons. The zero-order valence-electron chi connectivity index (χ0n) is 11.8. The van der Waals surface area contributed by atoms with E-state index in [2.05, 4.69) is 11.8 Å². The van der Waals surface area contributed by atoms with Gasteiger partial charge < -0.3 is 5.11 Å². The van der Waals surface area contributed by atoms with Gasteiger partial charge in [-0.3, -0.25) is 9.69 Å². The topological polar surface area (TPSA) is 40.5 Å². The van der Waals surface area contributed by atoms with Crippen molar-refractivity contribution in [3.8, 4) is 0 Å². The van der Waals surface area contributed by atoms with Crippen molar-refractivity contribution in [2.24, 2.45) is 11.3 Å². The van der Waals surface area contributed by atoms with Gasteiger partial charge in [-0.25, -0.2) is 0 Å². The second kappa shape index (κ2) is 5.60. The van der Waals surface area contributed by atoms with Crippen LogP contribution in [0.4, 0.5) is 0 Å². The molecule has 0 radical (unpaired) electrons. The highest BCUT2D eigenvalue weighted by atomic mass is 16.4. The highest BCUT2D eigenvalue weighted by molar-refractivity contribution is 5.74. The normalized spacial score (nSPS) is 38.6. The fraction of sp³-hybridized carbons (Fsp3) is 0.933. The van der Waals surface area contributed by atoms with Crippen molar-refractivity contribution in [1.82, 2.24) is 4.90 Å². The van der Waals surface area contributed by atoms with Gasteiger partial charge in [0.2, 0.25) is 0 Å². The van der Waals surface area contributed by atoms with Crippen LogP contribution >= 0.6 is 0 Å². The summed E-state index contributed by atoms with van der Waals surface area (Å²) in [6, 6.07) is 0.645. The van der Waals surface area contributed by atoms with Crippen LogP contribution in [0.3, 0.4) is 0 Å². The van der Waals surface area contributed by atoms with Gasteiger partial charge in [-0.1, -0.05) is 13.3 Å². The van der Waals surface area contributed by atoms with Crippen molar-refractivity contribution < 1.29 is 9.90 Å². The van der Waals surface area contributed by atoms with Crippen LogP contribution in [-0.4, -0.2) is 35.1 Å². The quantitative estimate of drug-likeness (QED) is 0.840. The first-order valence-corrected chi connectivity index (χ1v) is 7.52. The van der Waals surface area contributed by atoms with Crippen LogP contribution < -0.4 is 0 Å². The number of hydrogen-bond acceptors (Lipinski definition) is 2. The van der Waals surface area contributed by atoms with E-state index in [9.17, 15) is 9.90 Å². The van der Waals surface area contributed by atoms with Gasteiger partial charge in [0.1, 0.15) is 0 Å². The van der Waals surface area contributed by atoms with E-state index in [0.717, 1.165) is 31.8 Å². The monoisotopic (exact) mass is 253 g/mol. The molecule has 1 unspecified atom stereocenters. The van der Waals surface area contributed by atoms with Gasteiger partial charge in [0.15, 0.2) is 0 Å². The Morgan fingerprint density at radius 2 is 2.00 bits per heavy atom. The largest absolute Gasteiger partial charge is 0.481 e. The summed E-state index contributed by atoms with van der Waals surface area (Å²) in [6.07, 6.45) is 8.39. The van der Waals surface area contributed by atoms with Gasteiger partial charge in [0.25, 0.3) is 0 Å². The molecule has 0 aromatic rings. The highest BCUT2D eigenvalue weighted by Gasteiger charge is 2.40. The van der Waals surface area contributed by atoms with Crippen molar-refractivity contribution in [3.63, 3.8) is 0 Å². The maximum absolute atomic E-state index is 11.4. The third kappa shape index (κ3) is 2.87. The summed E-state index contributed by atoms with van der Waals surface area (Å²) in [5.41, 5.74) is -0.514. The maximum Gasteiger partial charge on any atom is 0.310 e. The molecular weight excluding hydrogens is 226 g/mol.